The maximum absolute atomic E-state index is 11.1. The van der Waals surface area contributed by atoms with Gasteiger partial charge in [-0.15, -0.1) is 22.7 Å². The van der Waals surface area contributed by atoms with Crippen molar-refractivity contribution in [1.29, 1.82) is 0 Å². The number of carbonyl (C=O) groups is 2. The molecule has 0 fully saturated rings. The molecule has 0 aliphatic carbocycles. The summed E-state index contributed by atoms with van der Waals surface area (Å²) in [5, 5.41) is 9.06. The van der Waals surface area contributed by atoms with Crippen LogP contribution in [0.3, 0.4) is 0 Å². The molecule has 0 aliphatic rings. The van der Waals surface area contributed by atoms with Gasteiger partial charge in [0.2, 0.25) is 0 Å². The van der Waals surface area contributed by atoms with Crippen molar-refractivity contribution in [2.45, 2.75) is 20.3 Å². The van der Waals surface area contributed by atoms with Crippen LogP contribution in [0.15, 0.2) is 36.4 Å². The van der Waals surface area contributed by atoms with Crippen LogP contribution in [0.1, 0.15) is 38.1 Å². The highest BCUT2D eigenvalue weighted by atomic mass is 32.1. The molecule has 2 aromatic heterocycles. The Hall–Kier alpha value is -2.24. The van der Waals surface area contributed by atoms with Crippen molar-refractivity contribution in [3.05, 3.63) is 58.0 Å². The molecule has 0 saturated carbocycles. The lowest BCUT2D eigenvalue weighted by Crippen LogP contribution is -1.96. The van der Waals surface area contributed by atoms with Gasteiger partial charge >= 0.3 is 5.97 Å². The van der Waals surface area contributed by atoms with Crippen molar-refractivity contribution in [3.8, 4) is 20.2 Å². The number of benzene rings is 1. The van der Waals surface area contributed by atoms with Gasteiger partial charge in [-0.05, 0) is 54.3 Å². The Balaban J connectivity index is 2.03. The van der Waals surface area contributed by atoms with Gasteiger partial charge in [0, 0.05) is 20.2 Å². The fourth-order valence-corrected chi connectivity index (χ4v) is 4.78. The van der Waals surface area contributed by atoms with Crippen LogP contribution in [0.4, 0.5) is 0 Å². The van der Waals surface area contributed by atoms with Gasteiger partial charge in [0.25, 0.3) is 0 Å². The Morgan fingerprint density at radius 2 is 1.71 bits per heavy atom. The lowest BCUT2D eigenvalue weighted by Gasteiger charge is -2.11. The molecule has 122 valence electrons. The maximum Gasteiger partial charge on any atom is 0.345 e. The highest BCUT2D eigenvalue weighted by Crippen LogP contribution is 2.39. The summed E-state index contributed by atoms with van der Waals surface area (Å²) in [5.41, 5.74) is 4.10. The van der Waals surface area contributed by atoms with E-state index in [4.69, 9.17) is 5.11 Å². The Kier molecular flexibility index (Phi) is 4.64. The SMILES string of the molecule is CCc1c(-c2ccc(-c3ccc(C(=O)O)s3)s2)ccc(C=O)c1C. The average molecular weight is 356 g/mol. The molecule has 0 unspecified atom stereocenters. The summed E-state index contributed by atoms with van der Waals surface area (Å²) in [7, 11) is 0. The van der Waals surface area contributed by atoms with E-state index in [0.717, 1.165) is 44.0 Å². The normalized spacial score (nSPS) is 10.8. The molecule has 2 heterocycles. The molecule has 0 spiro atoms. The summed E-state index contributed by atoms with van der Waals surface area (Å²) in [6.45, 7) is 4.08. The number of aldehydes is 1. The molecule has 3 aromatic rings. The minimum atomic E-state index is -0.892. The van der Waals surface area contributed by atoms with Gasteiger partial charge in [0.15, 0.2) is 0 Å². The third kappa shape index (κ3) is 2.92. The van der Waals surface area contributed by atoms with Gasteiger partial charge in [0.1, 0.15) is 11.2 Å². The predicted molar refractivity (Wildman–Crippen MR) is 99.5 cm³/mol. The van der Waals surface area contributed by atoms with Crippen molar-refractivity contribution >= 4 is 34.9 Å². The maximum atomic E-state index is 11.1. The molecule has 0 amide bonds. The second-order valence-corrected chi connectivity index (χ2v) is 7.58. The Bertz CT molecular complexity index is 919. The van der Waals surface area contributed by atoms with Gasteiger partial charge in [0.05, 0.1) is 0 Å². The first-order chi connectivity index (χ1) is 11.5. The first-order valence-corrected chi connectivity index (χ1v) is 9.19. The molecular formula is C19H16O3S2. The average Bonchev–Trinajstić information content (AvgIpc) is 3.23. The van der Waals surface area contributed by atoms with Gasteiger partial charge < -0.3 is 5.11 Å². The van der Waals surface area contributed by atoms with Crippen LogP contribution in [-0.4, -0.2) is 17.4 Å². The predicted octanol–water partition coefficient (Wildman–Crippen LogP) is 5.53. The highest BCUT2D eigenvalue weighted by molar-refractivity contribution is 7.24. The number of hydrogen-bond acceptors (Lipinski definition) is 4. The molecule has 0 radical (unpaired) electrons. The number of carboxylic acid groups (broad SMARTS) is 1. The summed E-state index contributed by atoms with van der Waals surface area (Å²) >= 11 is 2.93. The number of hydrogen-bond donors (Lipinski definition) is 1. The number of carboxylic acids is 1. The largest absolute Gasteiger partial charge is 0.477 e. The molecule has 5 heteroatoms. The van der Waals surface area contributed by atoms with Crippen LogP contribution in [-0.2, 0) is 6.42 Å². The quantitative estimate of drug-likeness (QED) is 0.612. The molecule has 0 aliphatic heterocycles. The number of aromatic carboxylic acids is 1. The summed E-state index contributed by atoms with van der Waals surface area (Å²) in [5.74, 6) is -0.892. The van der Waals surface area contributed by atoms with E-state index in [1.54, 1.807) is 17.4 Å². The fraction of sp³-hybridized carbons (Fsp3) is 0.158. The first-order valence-electron chi connectivity index (χ1n) is 7.56. The molecule has 3 nitrogen and oxygen atoms in total. The summed E-state index contributed by atoms with van der Waals surface area (Å²) in [6.07, 6.45) is 1.76. The zero-order valence-corrected chi connectivity index (χ0v) is 15.0. The van der Waals surface area contributed by atoms with Crippen LogP contribution >= 0.6 is 22.7 Å². The molecule has 0 atom stereocenters. The second-order valence-electron chi connectivity index (χ2n) is 5.41. The van der Waals surface area contributed by atoms with Crippen LogP contribution in [0.5, 0.6) is 0 Å². The zero-order chi connectivity index (χ0) is 17.3. The zero-order valence-electron chi connectivity index (χ0n) is 13.3. The van der Waals surface area contributed by atoms with E-state index < -0.39 is 5.97 Å². The van der Waals surface area contributed by atoms with Crippen molar-refractivity contribution < 1.29 is 14.7 Å². The van der Waals surface area contributed by atoms with E-state index in [1.165, 1.54) is 16.9 Å². The molecule has 3 rings (SSSR count). The third-order valence-electron chi connectivity index (χ3n) is 4.05. The van der Waals surface area contributed by atoms with E-state index >= 15 is 0 Å². The van der Waals surface area contributed by atoms with Crippen LogP contribution in [0, 0.1) is 6.92 Å². The highest BCUT2D eigenvalue weighted by Gasteiger charge is 2.14. The number of carbonyl (C=O) groups excluding carboxylic acids is 1. The number of rotatable bonds is 5. The van der Waals surface area contributed by atoms with Crippen molar-refractivity contribution in [2.24, 2.45) is 0 Å². The van der Waals surface area contributed by atoms with Gasteiger partial charge in [-0.25, -0.2) is 4.79 Å². The Labute approximate surface area is 148 Å². The summed E-state index contributed by atoms with van der Waals surface area (Å²) < 4.78 is 0. The minimum Gasteiger partial charge on any atom is -0.477 e. The molecular weight excluding hydrogens is 340 g/mol. The Morgan fingerprint density at radius 3 is 2.33 bits per heavy atom. The van der Waals surface area contributed by atoms with Crippen molar-refractivity contribution in [1.82, 2.24) is 0 Å². The lowest BCUT2D eigenvalue weighted by atomic mass is 9.95. The van der Waals surface area contributed by atoms with Crippen molar-refractivity contribution in [3.63, 3.8) is 0 Å². The van der Waals surface area contributed by atoms with E-state index in [-0.39, 0.29) is 0 Å². The lowest BCUT2D eigenvalue weighted by molar-refractivity contribution is 0.0702. The van der Waals surface area contributed by atoms with Crippen LogP contribution in [0.2, 0.25) is 0 Å². The molecule has 0 saturated heterocycles. The summed E-state index contributed by atoms with van der Waals surface area (Å²) in [6, 6.07) is 11.5. The smallest absolute Gasteiger partial charge is 0.345 e. The topological polar surface area (TPSA) is 54.4 Å². The summed E-state index contributed by atoms with van der Waals surface area (Å²) in [4.78, 5) is 25.7. The molecule has 1 N–H and O–H groups in total. The Morgan fingerprint density at radius 1 is 1.04 bits per heavy atom. The van der Waals surface area contributed by atoms with Crippen LogP contribution < -0.4 is 0 Å². The number of thiophene rings is 2. The van der Waals surface area contributed by atoms with E-state index in [2.05, 4.69) is 13.0 Å². The molecule has 1 aromatic carbocycles. The third-order valence-corrected chi connectivity index (χ3v) is 6.44. The fourth-order valence-electron chi connectivity index (χ4n) is 2.79. The van der Waals surface area contributed by atoms with Crippen molar-refractivity contribution in [2.75, 3.05) is 0 Å². The monoisotopic (exact) mass is 356 g/mol. The molecule has 24 heavy (non-hydrogen) atoms. The van der Waals surface area contributed by atoms with Gasteiger partial charge in [-0.2, -0.15) is 0 Å². The minimum absolute atomic E-state index is 0.348. The van der Waals surface area contributed by atoms with Gasteiger partial charge in [-0.3, -0.25) is 4.79 Å². The van der Waals surface area contributed by atoms with E-state index in [9.17, 15) is 9.59 Å². The van der Waals surface area contributed by atoms with E-state index in [0.29, 0.717) is 4.88 Å². The van der Waals surface area contributed by atoms with E-state index in [1.807, 2.05) is 31.2 Å². The first kappa shape index (κ1) is 16.6. The second kappa shape index (κ2) is 6.71. The van der Waals surface area contributed by atoms with Gasteiger partial charge in [-0.1, -0.05) is 19.1 Å². The van der Waals surface area contributed by atoms with Crippen LogP contribution in [0.25, 0.3) is 20.2 Å². The standard InChI is InChI=1S/C19H16O3S2/c1-3-13-11(2)12(10-20)4-5-14(13)15-6-7-16(23-15)17-8-9-18(24-17)19(21)22/h4-10H,3H2,1-2H3,(H,21,22). The molecule has 0 bridgehead atoms.